The standard InChI is InChI=1S/C30H37NO6/c1-16-12-13-19-21-14-18-15-29(19,34)26-24(28(33)36-3)25(37-27(32)17-8-5-4-6-9-17)23-20(30(18,26)31(16)21)10-7-11-22(23)35-2/h4-6,8-9,16,18-23,25,34H,7,10-15H2,1-3H3/t16-,18-,19+,20-,21+,22+,23+,25+,29-,30+/m1/s1. The van der Waals surface area contributed by atoms with E-state index in [-0.39, 0.29) is 29.8 Å². The summed E-state index contributed by atoms with van der Waals surface area (Å²) in [5.41, 5.74) is 0.185. The Morgan fingerprint density at radius 3 is 2.54 bits per heavy atom. The molecule has 5 fully saturated rings. The fourth-order valence-corrected chi connectivity index (χ4v) is 10.2. The van der Waals surface area contributed by atoms with Crippen molar-refractivity contribution in [3.63, 3.8) is 0 Å². The average molecular weight is 508 g/mol. The van der Waals surface area contributed by atoms with Crippen molar-refractivity contribution in [3.8, 4) is 0 Å². The van der Waals surface area contributed by atoms with Crippen molar-refractivity contribution in [2.45, 2.75) is 87.3 Å². The predicted molar refractivity (Wildman–Crippen MR) is 135 cm³/mol. The van der Waals surface area contributed by atoms with Crippen LogP contribution in [-0.2, 0) is 19.0 Å². The van der Waals surface area contributed by atoms with Crippen molar-refractivity contribution in [1.29, 1.82) is 0 Å². The van der Waals surface area contributed by atoms with Gasteiger partial charge in [-0.3, -0.25) is 4.90 Å². The largest absolute Gasteiger partial charge is 0.466 e. The highest BCUT2D eigenvalue weighted by Crippen LogP contribution is 2.75. The van der Waals surface area contributed by atoms with Crippen LogP contribution in [0.1, 0.15) is 62.2 Å². The van der Waals surface area contributed by atoms with Crippen LogP contribution in [0.3, 0.4) is 0 Å². The van der Waals surface area contributed by atoms with E-state index in [9.17, 15) is 14.7 Å². The summed E-state index contributed by atoms with van der Waals surface area (Å²) < 4.78 is 17.8. The van der Waals surface area contributed by atoms with E-state index >= 15 is 0 Å². The molecule has 1 unspecified atom stereocenters. The van der Waals surface area contributed by atoms with E-state index < -0.39 is 29.2 Å². The lowest BCUT2D eigenvalue weighted by Crippen LogP contribution is -2.73. The monoisotopic (exact) mass is 507 g/mol. The van der Waals surface area contributed by atoms with E-state index in [2.05, 4.69) is 11.8 Å². The third-order valence-electron chi connectivity index (χ3n) is 11.1. The van der Waals surface area contributed by atoms with Gasteiger partial charge in [0.2, 0.25) is 0 Å². The number of piperidine rings is 2. The van der Waals surface area contributed by atoms with Crippen molar-refractivity contribution < 1.29 is 28.9 Å². The number of rotatable bonds is 4. The van der Waals surface area contributed by atoms with Crippen molar-refractivity contribution >= 4 is 11.9 Å². The fraction of sp³-hybridized carbons (Fsp3) is 0.667. The van der Waals surface area contributed by atoms with Gasteiger partial charge in [0.1, 0.15) is 6.10 Å². The second-order valence-electron chi connectivity index (χ2n) is 12.3. The van der Waals surface area contributed by atoms with Gasteiger partial charge >= 0.3 is 11.9 Å². The van der Waals surface area contributed by atoms with Gasteiger partial charge in [0.05, 0.1) is 35.5 Å². The van der Waals surface area contributed by atoms with Crippen LogP contribution < -0.4 is 0 Å². The van der Waals surface area contributed by atoms with Crippen LogP contribution in [0.2, 0.25) is 0 Å². The molecule has 1 aromatic carbocycles. The van der Waals surface area contributed by atoms with Gasteiger partial charge in [-0.15, -0.1) is 0 Å². The zero-order chi connectivity index (χ0) is 25.7. The summed E-state index contributed by atoms with van der Waals surface area (Å²) >= 11 is 0. The Bertz CT molecular complexity index is 1170. The molecule has 0 amide bonds. The Morgan fingerprint density at radius 2 is 1.81 bits per heavy atom. The number of ether oxygens (including phenoxy) is 3. The number of hydrogen-bond donors (Lipinski definition) is 1. The van der Waals surface area contributed by atoms with Crippen LogP contribution in [0.4, 0.5) is 0 Å². The van der Waals surface area contributed by atoms with Crippen LogP contribution in [0, 0.1) is 23.7 Å². The molecule has 3 aliphatic carbocycles. The number of carbonyl (C=O) groups is 2. The molecule has 5 bridgehead atoms. The first-order valence-corrected chi connectivity index (χ1v) is 14.0. The second kappa shape index (κ2) is 8.14. The summed E-state index contributed by atoms with van der Waals surface area (Å²) in [5.74, 6) is -0.629. The molecule has 1 N–H and O–H groups in total. The Morgan fingerprint density at radius 1 is 1.03 bits per heavy atom. The summed E-state index contributed by atoms with van der Waals surface area (Å²) in [7, 11) is 3.11. The maximum atomic E-state index is 13.8. The number of carbonyl (C=O) groups excluding carboxylic acids is 2. The molecule has 198 valence electrons. The Labute approximate surface area is 218 Å². The van der Waals surface area contributed by atoms with Gasteiger partial charge in [-0.1, -0.05) is 24.6 Å². The maximum Gasteiger partial charge on any atom is 0.338 e. The zero-order valence-corrected chi connectivity index (χ0v) is 21.9. The SMILES string of the molecule is COC(=O)C1=C2[C@]3([C@@H]4C[C@H]5[C@H](CC[C@@H](C)N53)[C@]2(O)C4)[C@@H]2CCC[C@H](OC)[C@H]2[C@@H]1OC(=O)c1ccccc1. The molecular formula is C30H37NO6. The maximum absolute atomic E-state index is 13.8. The lowest BCUT2D eigenvalue weighted by molar-refractivity contribution is -0.164. The molecule has 7 nitrogen and oxygen atoms in total. The Kier molecular flexibility index (Phi) is 5.25. The first-order chi connectivity index (χ1) is 17.9. The van der Waals surface area contributed by atoms with Crippen molar-refractivity contribution in [1.82, 2.24) is 4.90 Å². The summed E-state index contributed by atoms with van der Waals surface area (Å²) in [5, 5.41) is 12.5. The van der Waals surface area contributed by atoms with E-state index in [0.717, 1.165) is 44.1 Å². The molecule has 3 heterocycles. The van der Waals surface area contributed by atoms with Gasteiger partial charge in [-0.05, 0) is 75.0 Å². The minimum Gasteiger partial charge on any atom is -0.466 e. The molecule has 3 aliphatic heterocycles. The molecule has 37 heavy (non-hydrogen) atoms. The third-order valence-corrected chi connectivity index (χ3v) is 11.1. The highest BCUT2D eigenvalue weighted by Gasteiger charge is 2.81. The molecule has 0 aromatic heterocycles. The number of fused-ring (bicyclic) bond motifs is 2. The molecule has 1 aromatic rings. The number of aliphatic hydroxyl groups is 1. The molecule has 11 atom stereocenters. The lowest BCUT2D eigenvalue weighted by atomic mass is 9.53. The van der Waals surface area contributed by atoms with Crippen molar-refractivity contribution in [2.75, 3.05) is 14.2 Å². The minimum absolute atomic E-state index is 0.0917. The van der Waals surface area contributed by atoms with Crippen LogP contribution >= 0.6 is 0 Å². The molecule has 6 aliphatic rings. The number of esters is 2. The highest BCUT2D eigenvalue weighted by atomic mass is 16.6. The summed E-state index contributed by atoms with van der Waals surface area (Å²) in [6.45, 7) is 2.31. The molecule has 1 spiro atoms. The summed E-state index contributed by atoms with van der Waals surface area (Å²) in [4.78, 5) is 29.9. The highest BCUT2D eigenvalue weighted by molar-refractivity contribution is 5.95. The number of nitrogens with zero attached hydrogens (tertiary/aromatic N) is 1. The lowest BCUT2D eigenvalue weighted by Gasteiger charge is -2.65. The van der Waals surface area contributed by atoms with Crippen LogP contribution in [0.25, 0.3) is 0 Å². The molecule has 2 saturated carbocycles. The minimum atomic E-state index is -1.06. The van der Waals surface area contributed by atoms with E-state index in [1.807, 2.05) is 6.07 Å². The molecular weight excluding hydrogens is 470 g/mol. The van der Waals surface area contributed by atoms with Crippen molar-refractivity contribution in [2.24, 2.45) is 23.7 Å². The van der Waals surface area contributed by atoms with Gasteiger partial charge in [-0.2, -0.15) is 0 Å². The molecule has 7 heteroatoms. The summed E-state index contributed by atoms with van der Waals surface area (Å²) in [6.07, 6.45) is 5.60. The number of benzene rings is 1. The van der Waals surface area contributed by atoms with E-state index in [1.54, 1.807) is 31.4 Å². The Balaban J connectivity index is 1.48. The van der Waals surface area contributed by atoms with Crippen LogP contribution in [0.5, 0.6) is 0 Å². The molecule has 0 radical (unpaired) electrons. The fourth-order valence-electron chi connectivity index (χ4n) is 10.2. The van der Waals surface area contributed by atoms with Crippen LogP contribution in [-0.4, -0.2) is 71.6 Å². The quantitative estimate of drug-likeness (QED) is 0.625. The third kappa shape index (κ3) is 2.83. The van der Waals surface area contributed by atoms with Crippen molar-refractivity contribution in [3.05, 3.63) is 47.0 Å². The van der Waals surface area contributed by atoms with Crippen LogP contribution in [0.15, 0.2) is 41.5 Å². The smallest absolute Gasteiger partial charge is 0.338 e. The predicted octanol–water partition coefficient (Wildman–Crippen LogP) is 3.50. The number of hydrogen-bond acceptors (Lipinski definition) is 7. The first kappa shape index (κ1) is 23.9. The Hall–Kier alpha value is -2.22. The van der Waals surface area contributed by atoms with Gasteiger partial charge in [-0.25, -0.2) is 9.59 Å². The van der Waals surface area contributed by atoms with E-state index in [1.165, 1.54) is 7.11 Å². The number of methoxy groups -OCH3 is 2. The second-order valence-corrected chi connectivity index (χ2v) is 12.3. The van der Waals surface area contributed by atoms with Gasteiger partial charge < -0.3 is 19.3 Å². The van der Waals surface area contributed by atoms with Gasteiger partial charge in [0.25, 0.3) is 0 Å². The summed E-state index contributed by atoms with van der Waals surface area (Å²) in [6, 6.07) is 9.64. The van der Waals surface area contributed by atoms with E-state index in [4.69, 9.17) is 14.2 Å². The first-order valence-electron chi connectivity index (χ1n) is 14.0. The van der Waals surface area contributed by atoms with Gasteiger partial charge in [0.15, 0.2) is 0 Å². The average Bonchev–Trinajstić information content (AvgIpc) is 3.32. The normalized spacial score (nSPS) is 46.9. The molecule has 3 saturated heterocycles. The van der Waals surface area contributed by atoms with Gasteiger partial charge in [0, 0.05) is 31.0 Å². The molecule has 7 rings (SSSR count). The topological polar surface area (TPSA) is 85.3 Å². The zero-order valence-electron chi connectivity index (χ0n) is 21.9. The van der Waals surface area contributed by atoms with E-state index in [0.29, 0.717) is 29.6 Å².